The Morgan fingerprint density at radius 3 is 2.71 bits per heavy atom. The molecule has 1 unspecified atom stereocenters. The summed E-state index contributed by atoms with van der Waals surface area (Å²) in [5.74, 6) is -1.40. The van der Waals surface area contributed by atoms with Crippen LogP contribution in [0.25, 0.3) is 0 Å². The molecule has 174 valence electrons. The summed E-state index contributed by atoms with van der Waals surface area (Å²) in [7, 11) is 1.43. The number of nitrogens with one attached hydrogen (secondary N) is 1. The first kappa shape index (κ1) is 22.0. The Balaban J connectivity index is 1.61. The number of amidine groups is 1. The lowest BCUT2D eigenvalue weighted by Gasteiger charge is -2.39. The molecular formula is C24H18ClF2N3O4. The molecular weight excluding hydrogens is 468 g/mol. The maximum absolute atomic E-state index is 14.9. The molecule has 1 atom stereocenters. The number of carbonyl (C=O) groups excluding carboxylic acids is 1. The zero-order chi connectivity index (χ0) is 24.0. The lowest BCUT2D eigenvalue weighted by molar-refractivity contribution is 0.102. The number of aliphatic imine (C=N–C) groups is 1. The number of anilines is 1. The highest BCUT2D eigenvalue weighted by Crippen LogP contribution is 2.54. The van der Waals surface area contributed by atoms with Crippen LogP contribution in [-0.2, 0) is 10.3 Å². The molecule has 2 aliphatic heterocycles. The van der Waals surface area contributed by atoms with E-state index in [2.05, 4.69) is 10.3 Å². The monoisotopic (exact) mass is 485 g/mol. The van der Waals surface area contributed by atoms with Crippen LogP contribution >= 0.6 is 11.6 Å². The Kier molecular flexibility index (Phi) is 5.28. The van der Waals surface area contributed by atoms with Gasteiger partial charge in [0.15, 0.2) is 11.6 Å². The Morgan fingerprint density at radius 1 is 1.15 bits per heavy atom. The number of methoxy groups -OCH3 is 1. The highest BCUT2D eigenvalue weighted by atomic mass is 35.5. The van der Waals surface area contributed by atoms with Crippen LogP contribution in [0.15, 0.2) is 53.5 Å². The van der Waals surface area contributed by atoms with Crippen LogP contribution < -0.4 is 20.5 Å². The maximum atomic E-state index is 14.9. The van der Waals surface area contributed by atoms with Crippen molar-refractivity contribution in [1.29, 1.82) is 0 Å². The molecule has 7 nitrogen and oxygen atoms in total. The fraction of sp³-hybridized carbons (Fsp3) is 0.167. The van der Waals surface area contributed by atoms with Gasteiger partial charge in [-0.25, -0.2) is 13.8 Å². The molecule has 1 spiro atoms. The highest BCUT2D eigenvalue weighted by Gasteiger charge is 2.46. The van der Waals surface area contributed by atoms with Gasteiger partial charge >= 0.3 is 0 Å². The van der Waals surface area contributed by atoms with Crippen LogP contribution in [0.3, 0.4) is 0 Å². The number of rotatable bonds is 3. The summed E-state index contributed by atoms with van der Waals surface area (Å²) in [6.45, 7) is 0.222. The number of benzene rings is 3. The van der Waals surface area contributed by atoms with Gasteiger partial charge in [0.2, 0.25) is 0 Å². The van der Waals surface area contributed by atoms with Gasteiger partial charge in [-0.15, -0.1) is 0 Å². The van der Waals surface area contributed by atoms with Crippen molar-refractivity contribution >= 4 is 29.2 Å². The zero-order valence-electron chi connectivity index (χ0n) is 17.8. The summed E-state index contributed by atoms with van der Waals surface area (Å²) < 4.78 is 45.6. The number of hydrogen-bond acceptors (Lipinski definition) is 6. The number of fused-ring (bicyclic) bond motifs is 4. The summed E-state index contributed by atoms with van der Waals surface area (Å²) in [6, 6.07) is 11.4. The number of nitrogens with zero attached hydrogens (tertiary/aromatic N) is 1. The lowest BCUT2D eigenvalue weighted by atomic mass is 9.77. The topological polar surface area (TPSA) is 95.2 Å². The Bertz CT molecular complexity index is 1360. The molecule has 0 saturated heterocycles. The molecule has 3 aromatic carbocycles. The molecule has 2 heterocycles. The molecule has 5 rings (SSSR count). The van der Waals surface area contributed by atoms with E-state index in [0.29, 0.717) is 29.0 Å². The minimum Gasteiger partial charge on any atom is -0.497 e. The molecule has 1 amide bonds. The summed E-state index contributed by atoms with van der Waals surface area (Å²) in [5, 5.41) is 2.85. The number of carbonyl (C=O) groups is 1. The van der Waals surface area contributed by atoms with Gasteiger partial charge < -0.3 is 25.3 Å². The fourth-order valence-electron chi connectivity index (χ4n) is 4.21. The van der Waals surface area contributed by atoms with Crippen molar-refractivity contribution in [2.75, 3.05) is 19.0 Å². The highest BCUT2D eigenvalue weighted by molar-refractivity contribution is 6.30. The average molecular weight is 486 g/mol. The largest absolute Gasteiger partial charge is 0.497 e. The van der Waals surface area contributed by atoms with Crippen molar-refractivity contribution in [3.63, 3.8) is 0 Å². The molecule has 34 heavy (non-hydrogen) atoms. The van der Waals surface area contributed by atoms with Gasteiger partial charge in [0.25, 0.3) is 11.9 Å². The summed E-state index contributed by atoms with van der Waals surface area (Å²) >= 11 is 5.78. The van der Waals surface area contributed by atoms with Gasteiger partial charge in [0.05, 0.1) is 19.3 Å². The third kappa shape index (κ3) is 3.58. The van der Waals surface area contributed by atoms with E-state index >= 15 is 0 Å². The molecule has 0 aromatic heterocycles. The van der Waals surface area contributed by atoms with Crippen molar-refractivity contribution in [2.45, 2.75) is 12.0 Å². The number of amides is 1. The van der Waals surface area contributed by atoms with Crippen LogP contribution in [0, 0.1) is 11.6 Å². The second-order valence-electron chi connectivity index (χ2n) is 7.79. The molecule has 3 aromatic rings. The van der Waals surface area contributed by atoms with E-state index < -0.39 is 23.1 Å². The Hall–Kier alpha value is -3.85. The summed E-state index contributed by atoms with van der Waals surface area (Å²) in [5.41, 5.74) is 5.92. The van der Waals surface area contributed by atoms with Crippen LogP contribution in [0.5, 0.6) is 17.2 Å². The van der Waals surface area contributed by atoms with Crippen molar-refractivity contribution in [1.82, 2.24) is 0 Å². The lowest BCUT2D eigenvalue weighted by Crippen LogP contribution is -2.38. The molecule has 3 N–H and O–H groups in total. The third-order valence-corrected chi connectivity index (χ3v) is 6.02. The summed E-state index contributed by atoms with van der Waals surface area (Å²) in [4.78, 5) is 17.3. The standard InChI is InChI=1S/C24H18ClF2N3O4/c1-32-14-10-17-21(19(27)11-14)34-20-5-3-13(9-16(20)24(17)6-7-33-23(28)30-24)29-22(31)15-4-2-12(25)8-18(15)26/h2-5,8-11H,6-7H2,1H3,(H2,28,30)(H,29,31). The Labute approximate surface area is 198 Å². The average Bonchev–Trinajstić information content (AvgIpc) is 2.80. The summed E-state index contributed by atoms with van der Waals surface area (Å²) in [6.07, 6.45) is 0.326. The minimum absolute atomic E-state index is 0.00627. The first-order valence-electron chi connectivity index (χ1n) is 10.3. The van der Waals surface area contributed by atoms with E-state index in [0.717, 1.165) is 6.07 Å². The van der Waals surface area contributed by atoms with E-state index in [1.54, 1.807) is 24.3 Å². The number of nitrogens with two attached hydrogens (primary N) is 1. The second-order valence-corrected chi connectivity index (χ2v) is 8.22. The molecule has 0 fully saturated rings. The SMILES string of the molecule is COc1cc(F)c2c(c1)C1(CCOC(N)=N1)c1cc(NC(=O)c3ccc(Cl)cc3F)ccc1O2. The van der Waals surface area contributed by atoms with Crippen LogP contribution in [-0.4, -0.2) is 25.6 Å². The molecule has 0 bridgehead atoms. The maximum Gasteiger partial charge on any atom is 0.283 e. The van der Waals surface area contributed by atoms with E-state index in [1.807, 2.05) is 0 Å². The van der Waals surface area contributed by atoms with Gasteiger partial charge in [-0.05, 0) is 42.5 Å². The first-order chi connectivity index (χ1) is 16.3. The van der Waals surface area contributed by atoms with Crippen LogP contribution in [0.1, 0.15) is 27.9 Å². The van der Waals surface area contributed by atoms with Gasteiger partial charge in [0.1, 0.15) is 22.9 Å². The Morgan fingerprint density at radius 2 is 1.97 bits per heavy atom. The van der Waals surface area contributed by atoms with Gasteiger partial charge in [-0.1, -0.05) is 11.6 Å². The number of hydrogen-bond donors (Lipinski definition) is 2. The molecule has 2 aliphatic rings. The fourth-order valence-corrected chi connectivity index (χ4v) is 4.37. The van der Waals surface area contributed by atoms with E-state index in [1.165, 1.54) is 25.3 Å². The predicted octanol–water partition coefficient (Wildman–Crippen LogP) is 4.96. The quantitative estimate of drug-likeness (QED) is 0.546. The molecule has 10 heteroatoms. The first-order valence-corrected chi connectivity index (χ1v) is 10.6. The van der Waals surface area contributed by atoms with Crippen molar-refractivity contribution in [2.24, 2.45) is 10.7 Å². The van der Waals surface area contributed by atoms with Crippen LogP contribution in [0.2, 0.25) is 5.02 Å². The van der Waals surface area contributed by atoms with Gasteiger partial charge in [-0.3, -0.25) is 4.79 Å². The normalized spacial score (nSPS) is 18.2. The molecule has 0 radical (unpaired) electrons. The van der Waals surface area contributed by atoms with Gasteiger partial charge in [-0.2, -0.15) is 0 Å². The smallest absolute Gasteiger partial charge is 0.283 e. The van der Waals surface area contributed by atoms with Crippen molar-refractivity contribution in [3.05, 3.63) is 81.9 Å². The minimum atomic E-state index is -1.15. The zero-order valence-corrected chi connectivity index (χ0v) is 18.6. The van der Waals surface area contributed by atoms with E-state index in [4.69, 9.17) is 31.5 Å². The van der Waals surface area contributed by atoms with Crippen molar-refractivity contribution in [3.8, 4) is 17.2 Å². The van der Waals surface area contributed by atoms with Crippen molar-refractivity contribution < 1.29 is 27.8 Å². The third-order valence-electron chi connectivity index (χ3n) is 5.78. The van der Waals surface area contributed by atoms with Crippen LogP contribution in [0.4, 0.5) is 14.5 Å². The predicted molar refractivity (Wildman–Crippen MR) is 122 cm³/mol. The van der Waals surface area contributed by atoms with E-state index in [9.17, 15) is 13.6 Å². The number of ether oxygens (including phenoxy) is 3. The number of halogens is 3. The van der Waals surface area contributed by atoms with Gasteiger partial charge in [0, 0.05) is 34.3 Å². The molecule has 0 aliphatic carbocycles. The van der Waals surface area contributed by atoms with E-state index in [-0.39, 0.29) is 34.7 Å². The second kappa shape index (κ2) is 8.18. The molecule has 0 saturated carbocycles.